The molecule has 1 aromatic carbocycles. The summed E-state index contributed by atoms with van der Waals surface area (Å²) in [5.74, 6) is -0.176. The number of halogens is 4. The van der Waals surface area contributed by atoms with Crippen molar-refractivity contribution in [2.24, 2.45) is 7.05 Å². The molecule has 39 heavy (non-hydrogen) atoms. The Morgan fingerprint density at radius 3 is 2.51 bits per heavy atom. The first-order valence-electron chi connectivity index (χ1n) is 12.7. The number of anilines is 2. The molecule has 206 valence electrons. The molecule has 4 heterocycles. The number of aromatic nitrogens is 6. The van der Waals surface area contributed by atoms with Crippen LogP contribution in [0.4, 0.5) is 29.5 Å². The van der Waals surface area contributed by atoms with Gasteiger partial charge in [0, 0.05) is 45.0 Å². The quantitative estimate of drug-likeness (QED) is 0.336. The minimum absolute atomic E-state index is 0.0616. The highest BCUT2D eigenvalue weighted by molar-refractivity contribution is 5.90. The van der Waals surface area contributed by atoms with E-state index in [-0.39, 0.29) is 23.5 Å². The van der Waals surface area contributed by atoms with Crippen LogP contribution in [0.1, 0.15) is 43.0 Å². The summed E-state index contributed by atoms with van der Waals surface area (Å²) in [7, 11) is 5.36. The third-order valence-electron chi connectivity index (χ3n) is 7.10. The summed E-state index contributed by atoms with van der Waals surface area (Å²) in [5.41, 5.74) is 0.726. The van der Waals surface area contributed by atoms with E-state index in [4.69, 9.17) is 14.7 Å². The lowest BCUT2D eigenvalue weighted by Gasteiger charge is -2.36. The van der Waals surface area contributed by atoms with Gasteiger partial charge < -0.3 is 19.1 Å². The van der Waals surface area contributed by atoms with Crippen molar-refractivity contribution < 1.29 is 22.3 Å². The van der Waals surface area contributed by atoms with E-state index in [1.165, 1.54) is 0 Å². The number of alkyl halides is 3. The van der Waals surface area contributed by atoms with Crippen molar-refractivity contribution in [1.29, 1.82) is 0 Å². The van der Waals surface area contributed by atoms with Crippen molar-refractivity contribution >= 4 is 23.1 Å². The molecule has 0 radical (unpaired) electrons. The van der Waals surface area contributed by atoms with E-state index >= 15 is 4.39 Å². The van der Waals surface area contributed by atoms with Crippen LogP contribution in [-0.4, -0.2) is 62.6 Å². The zero-order chi connectivity index (χ0) is 27.6. The second kappa shape index (κ2) is 9.18. The normalized spacial score (nSPS) is 20.2. The highest BCUT2D eigenvalue weighted by atomic mass is 19.4. The van der Waals surface area contributed by atoms with E-state index in [1.54, 1.807) is 16.5 Å². The second-order valence-corrected chi connectivity index (χ2v) is 10.4. The van der Waals surface area contributed by atoms with Crippen LogP contribution in [0.25, 0.3) is 22.4 Å². The Hall–Kier alpha value is -3.74. The number of imidazole rings is 1. The molecule has 1 aliphatic heterocycles. The van der Waals surface area contributed by atoms with Crippen LogP contribution < -0.4 is 9.80 Å². The molecule has 1 saturated heterocycles. The van der Waals surface area contributed by atoms with Gasteiger partial charge in [-0.15, -0.1) is 0 Å². The zero-order valence-corrected chi connectivity index (χ0v) is 21.9. The Labute approximate surface area is 222 Å². The Kier molecular flexibility index (Phi) is 6.01. The van der Waals surface area contributed by atoms with Gasteiger partial charge in [-0.3, -0.25) is 4.68 Å². The molecule has 13 heteroatoms. The number of fused-ring (bicyclic) bond motifs is 1. The molecule has 0 unspecified atom stereocenters. The lowest BCUT2D eigenvalue weighted by Crippen LogP contribution is -2.43. The van der Waals surface area contributed by atoms with Crippen LogP contribution in [0, 0.1) is 5.82 Å². The third kappa shape index (κ3) is 4.68. The number of hydrogen-bond donors (Lipinski definition) is 0. The van der Waals surface area contributed by atoms with Gasteiger partial charge in [-0.05, 0) is 38.0 Å². The Balaban J connectivity index is 1.44. The predicted octanol–water partition coefficient (Wildman–Crippen LogP) is 4.75. The number of benzene rings is 1. The van der Waals surface area contributed by atoms with Crippen LogP contribution in [0.2, 0.25) is 0 Å². The average molecular weight is 545 g/mol. The first kappa shape index (κ1) is 25.5. The molecule has 1 saturated carbocycles. The van der Waals surface area contributed by atoms with Crippen molar-refractivity contribution in [1.82, 2.24) is 29.3 Å². The third-order valence-corrected chi connectivity index (χ3v) is 7.10. The fourth-order valence-corrected chi connectivity index (χ4v) is 5.06. The smallest absolute Gasteiger partial charge is 0.367 e. The summed E-state index contributed by atoms with van der Waals surface area (Å²) in [6, 6.07) is 2.91. The van der Waals surface area contributed by atoms with E-state index in [0.29, 0.717) is 48.3 Å². The lowest BCUT2D eigenvalue weighted by molar-refractivity contribution is -0.137. The molecule has 0 spiro atoms. The van der Waals surface area contributed by atoms with Gasteiger partial charge in [0.2, 0.25) is 11.9 Å². The average Bonchev–Trinajstić information content (AvgIpc) is 3.50. The minimum atomic E-state index is -4.66. The monoisotopic (exact) mass is 544 g/mol. The van der Waals surface area contributed by atoms with E-state index < -0.39 is 17.6 Å². The van der Waals surface area contributed by atoms with Crippen molar-refractivity contribution in [3.8, 4) is 11.3 Å². The molecular weight excluding hydrogens is 516 g/mol. The largest absolute Gasteiger partial charge is 0.416 e. The van der Waals surface area contributed by atoms with Crippen molar-refractivity contribution in [3.63, 3.8) is 0 Å². The molecule has 0 N–H and O–H groups in total. The fourth-order valence-electron chi connectivity index (χ4n) is 5.06. The lowest BCUT2D eigenvalue weighted by atomic mass is 10.1. The first-order chi connectivity index (χ1) is 18.5. The molecule has 2 aliphatic rings. The molecule has 1 aliphatic carbocycles. The summed E-state index contributed by atoms with van der Waals surface area (Å²) >= 11 is 0. The molecular formula is C26H28F4N8O. The van der Waals surface area contributed by atoms with Crippen LogP contribution >= 0.6 is 0 Å². The molecule has 2 fully saturated rings. The molecule has 3 aromatic heterocycles. The molecule has 9 nitrogen and oxygen atoms in total. The SMILES string of the molecule is C[C@@H]1CN(c2nc(-c3ccc(C(F)(F)F)cc3F)c3c(n2)nc(N(C)C)n3C)C[C@@H](c2cnn(C3CC3)c2)O1. The van der Waals surface area contributed by atoms with Crippen LogP contribution in [-0.2, 0) is 18.0 Å². The first-order valence-corrected chi connectivity index (χ1v) is 12.7. The van der Waals surface area contributed by atoms with E-state index in [0.717, 1.165) is 30.5 Å². The number of aryl methyl sites for hydroxylation is 1. The minimum Gasteiger partial charge on any atom is -0.367 e. The van der Waals surface area contributed by atoms with Gasteiger partial charge in [0.15, 0.2) is 5.65 Å². The van der Waals surface area contributed by atoms with E-state index in [2.05, 4.69) is 10.1 Å². The fraction of sp³-hybridized carbons (Fsp3) is 0.462. The molecule has 4 aromatic rings. The Morgan fingerprint density at radius 1 is 1.08 bits per heavy atom. The van der Waals surface area contributed by atoms with Gasteiger partial charge in [-0.2, -0.15) is 28.2 Å². The second-order valence-electron chi connectivity index (χ2n) is 10.4. The maximum absolute atomic E-state index is 15.2. The summed E-state index contributed by atoms with van der Waals surface area (Å²) in [6.07, 6.45) is 0.939. The molecule has 0 bridgehead atoms. The van der Waals surface area contributed by atoms with E-state index in [9.17, 15) is 13.2 Å². The molecule has 6 rings (SSSR count). The van der Waals surface area contributed by atoms with Crippen LogP contribution in [0.3, 0.4) is 0 Å². The topological polar surface area (TPSA) is 77.1 Å². The van der Waals surface area contributed by atoms with Crippen molar-refractivity contribution in [2.45, 2.75) is 44.2 Å². The van der Waals surface area contributed by atoms with Crippen molar-refractivity contribution in [2.75, 3.05) is 37.0 Å². The summed E-state index contributed by atoms with van der Waals surface area (Å²) in [4.78, 5) is 17.8. The van der Waals surface area contributed by atoms with Crippen molar-refractivity contribution in [3.05, 3.63) is 47.5 Å². The van der Waals surface area contributed by atoms with Gasteiger partial charge in [0.05, 0.1) is 30.5 Å². The maximum Gasteiger partial charge on any atom is 0.416 e. The van der Waals surface area contributed by atoms with Gasteiger partial charge in [0.25, 0.3) is 0 Å². The molecule has 2 atom stereocenters. The summed E-state index contributed by atoms with van der Waals surface area (Å²) in [6.45, 7) is 2.85. The zero-order valence-electron chi connectivity index (χ0n) is 21.9. The number of morpholine rings is 1. The summed E-state index contributed by atoms with van der Waals surface area (Å²) < 4.78 is 64.9. The summed E-state index contributed by atoms with van der Waals surface area (Å²) in [5, 5.41) is 4.48. The highest BCUT2D eigenvalue weighted by Gasteiger charge is 2.34. The number of nitrogens with zero attached hydrogens (tertiary/aromatic N) is 8. The predicted molar refractivity (Wildman–Crippen MR) is 137 cm³/mol. The van der Waals surface area contributed by atoms with Crippen LogP contribution in [0.5, 0.6) is 0 Å². The Bertz CT molecular complexity index is 1540. The standard InChI is InChI=1S/C26H28F4N8O/c1-14-11-37(13-20(39-14)15-10-31-38(12-15)17-6-7-17)24-32-21(18-8-5-16(9-19(18)27)26(28,29)30)22-23(33-24)34-25(35(2)3)36(22)4/h5,8-10,12,14,17,20H,6-7,11,13H2,1-4H3/t14-,20+/m1/s1. The molecule has 0 amide bonds. The van der Waals surface area contributed by atoms with Gasteiger partial charge in [-0.25, -0.2) is 9.37 Å². The number of ether oxygens (including phenoxy) is 1. The number of hydrogen-bond acceptors (Lipinski definition) is 7. The van der Waals surface area contributed by atoms with Gasteiger partial charge >= 0.3 is 6.18 Å². The van der Waals surface area contributed by atoms with E-state index in [1.807, 2.05) is 43.0 Å². The van der Waals surface area contributed by atoms with Gasteiger partial charge in [0.1, 0.15) is 23.1 Å². The Morgan fingerprint density at radius 2 is 1.85 bits per heavy atom. The van der Waals surface area contributed by atoms with Crippen LogP contribution in [0.15, 0.2) is 30.6 Å². The number of rotatable bonds is 5. The highest BCUT2D eigenvalue weighted by Crippen LogP contribution is 2.38. The van der Waals surface area contributed by atoms with Gasteiger partial charge in [-0.1, -0.05) is 0 Å². The maximum atomic E-state index is 15.2.